The minimum atomic E-state index is -0.829. The van der Waals surface area contributed by atoms with Crippen molar-refractivity contribution in [2.75, 3.05) is 6.54 Å². The summed E-state index contributed by atoms with van der Waals surface area (Å²) < 4.78 is 0. The zero-order valence-electron chi connectivity index (χ0n) is 8.68. The van der Waals surface area contributed by atoms with E-state index in [9.17, 15) is 4.79 Å². The molecule has 1 rings (SSSR count). The molecule has 0 saturated heterocycles. The summed E-state index contributed by atoms with van der Waals surface area (Å²) in [6.07, 6.45) is 4.32. The SMILES string of the molecule is C=C(Cl)CNC(=O)C1(C#N)CCCCC1. The van der Waals surface area contributed by atoms with Gasteiger partial charge in [-0.15, -0.1) is 0 Å². The maximum Gasteiger partial charge on any atom is 0.240 e. The van der Waals surface area contributed by atoms with E-state index < -0.39 is 5.41 Å². The molecule has 1 aliphatic rings. The van der Waals surface area contributed by atoms with E-state index in [0.717, 1.165) is 19.3 Å². The highest BCUT2D eigenvalue weighted by Gasteiger charge is 2.39. The Hall–Kier alpha value is -1.01. The van der Waals surface area contributed by atoms with E-state index in [2.05, 4.69) is 18.0 Å². The van der Waals surface area contributed by atoms with Crippen LogP contribution < -0.4 is 5.32 Å². The lowest BCUT2D eigenvalue weighted by Crippen LogP contribution is -2.41. The molecule has 0 atom stereocenters. The fourth-order valence-corrected chi connectivity index (χ4v) is 1.96. The van der Waals surface area contributed by atoms with Crippen LogP contribution in [0, 0.1) is 16.7 Å². The summed E-state index contributed by atoms with van der Waals surface area (Å²) in [6.45, 7) is 3.73. The van der Waals surface area contributed by atoms with Gasteiger partial charge in [-0.3, -0.25) is 4.79 Å². The van der Waals surface area contributed by atoms with E-state index >= 15 is 0 Å². The largest absolute Gasteiger partial charge is 0.350 e. The first kappa shape index (κ1) is 12.1. The van der Waals surface area contributed by atoms with Crippen LogP contribution in [0.25, 0.3) is 0 Å². The molecule has 0 aliphatic heterocycles. The Kier molecular flexibility index (Phi) is 4.16. The van der Waals surface area contributed by atoms with E-state index in [1.165, 1.54) is 0 Å². The third-order valence-corrected chi connectivity index (χ3v) is 2.93. The summed E-state index contributed by atoms with van der Waals surface area (Å²) in [5, 5.41) is 12.1. The monoisotopic (exact) mass is 226 g/mol. The van der Waals surface area contributed by atoms with Crippen molar-refractivity contribution in [1.82, 2.24) is 5.32 Å². The first-order valence-corrected chi connectivity index (χ1v) is 5.51. The van der Waals surface area contributed by atoms with Crippen LogP contribution in [0.1, 0.15) is 32.1 Å². The van der Waals surface area contributed by atoms with Crippen molar-refractivity contribution in [2.24, 2.45) is 5.41 Å². The molecule has 3 nitrogen and oxygen atoms in total. The molecule has 0 aromatic rings. The fourth-order valence-electron chi connectivity index (χ4n) is 1.89. The highest BCUT2D eigenvalue weighted by Crippen LogP contribution is 2.35. The van der Waals surface area contributed by atoms with Gasteiger partial charge in [0, 0.05) is 5.03 Å². The van der Waals surface area contributed by atoms with Crippen LogP contribution in [0.2, 0.25) is 0 Å². The maximum atomic E-state index is 11.8. The van der Waals surface area contributed by atoms with Gasteiger partial charge >= 0.3 is 0 Å². The molecule has 1 aliphatic carbocycles. The lowest BCUT2D eigenvalue weighted by atomic mass is 9.74. The van der Waals surface area contributed by atoms with Gasteiger partial charge in [0.2, 0.25) is 5.91 Å². The maximum absolute atomic E-state index is 11.8. The van der Waals surface area contributed by atoms with Crippen molar-refractivity contribution in [1.29, 1.82) is 5.26 Å². The van der Waals surface area contributed by atoms with Crippen LogP contribution in [0.3, 0.4) is 0 Å². The van der Waals surface area contributed by atoms with E-state index in [1.807, 2.05) is 0 Å². The summed E-state index contributed by atoms with van der Waals surface area (Å²) in [6, 6.07) is 2.16. The predicted octanol–water partition coefficient (Wildman–Crippen LogP) is 2.33. The molecular weight excluding hydrogens is 212 g/mol. The quantitative estimate of drug-likeness (QED) is 0.803. The Bertz CT molecular complexity index is 300. The molecule has 1 N–H and O–H groups in total. The lowest BCUT2D eigenvalue weighted by Gasteiger charge is -2.29. The highest BCUT2D eigenvalue weighted by atomic mass is 35.5. The van der Waals surface area contributed by atoms with Gasteiger partial charge in [0.25, 0.3) is 0 Å². The van der Waals surface area contributed by atoms with Gasteiger partial charge in [-0.1, -0.05) is 37.4 Å². The van der Waals surface area contributed by atoms with E-state index in [0.29, 0.717) is 17.9 Å². The lowest BCUT2D eigenvalue weighted by molar-refractivity contribution is -0.129. The van der Waals surface area contributed by atoms with Crippen molar-refractivity contribution in [3.63, 3.8) is 0 Å². The zero-order chi connectivity index (χ0) is 11.3. The van der Waals surface area contributed by atoms with Crippen molar-refractivity contribution in [2.45, 2.75) is 32.1 Å². The van der Waals surface area contributed by atoms with Crippen LogP contribution >= 0.6 is 11.6 Å². The van der Waals surface area contributed by atoms with Gasteiger partial charge in [0.15, 0.2) is 0 Å². The standard InChI is InChI=1S/C11H15ClN2O/c1-9(12)7-14-10(15)11(8-13)5-3-2-4-6-11/h1-7H2,(H,14,15). The molecule has 0 heterocycles. The van der Waals surface area contributed by atoms with Crippen LogP contribution in [0.4, 0.5) is 0 Å². The number of nitriles is 1. The molecular formula is C11H15ClN2O. The normalized spacial score (nSPS) is 18.9. The number of hydrogen-bond acceptors (Lipinski definition) is 2. The molecule has 1 amide bonds. The second kappa shape index (κ2) is 5.18. The Morgan fingerprint density at radius 2 is 2.07 bits per heavy atom. The molecule has 1 fully saturated rings. The van der Waals surface area contributed by atoms with Crippen molar-refractivity contribution < 1.29 is 4.79 Å². The zero-order valence-corrected chi connectivity index (χ0v) is 9.44. The molecule has 0 bridgehead atoms. The van der Waals surface area contributed by atoms with Gasteiger partial charge in [-0.25, -0.2) is 0 Å². The van der Waals surface area contributed by atoms with Crippen LogP contribution in [-0.2, 0) is 4.79 Å². The van der Waals surface area contributed by atoms with Crippen LogP contribution in [0.15, 0.2) is 11.6 Å². The molecule has 0 unspecified atom stereocenters. The Balaban J connectivity index is 2.61. The van der Waals surface area contributed by atoms with Gasteiger partial charge in [-0.2, -0.15) is 5.26 Å². The number of carbonyl (C=O) groups is 1. The highest BCUT2D eigenvalue weighted by molar-refractivity contribution is 6.29. The number of amides is 1. The third kappa shape index (κ3) is 2.97. The number of nitrogens with zero attached hydrogens (tertiary/aromatic N) is 1. The summed E-state index contributed by atoms with van der Waals surface area (Å²) in [5.41, 5.74) is -0.829. The first-order chi connectivity index (χ1) is 7.10. The fraction of sp³-hybridized carbons (Fsp3) is 0.636. The molecule has 82 valence electrons. The van der Waals surface area contributed by atoms with E-state index in [4.69, 9.17) is 16.9 Å². The molecule has 0 aromatic carbocycles. The minimum absolute atomic E-state index is 0.202. The molecule has 0 spiro atoms. The summed E-state index contributed by atoms with van der Waals surface area (Å²) in [5.74, 6) is -0.202. The topological polar surface area (TPSA) is 52.9 Å². The first-order valence-electron chi connectivity index (χ1n) is 5.13. The second-order valence-corrected chi connectivity index (χ2v) is 4.49. The number of nitrogens with one attached hydrogen (secondary N) is 1. The Labute approximate surface area is 95.1 Å². The van der Waals surface area contributed by atoms with Crippen molar-refractivity contribution >= 4 is 17.5 Å². The average molecular weight is 227 g/mol. The number of halogens is 1. The number of rotatable bonds is 3. The summed E-state index contributed by atoms with van der Waals surface area (Å²) in [4.78, 5) is 11.8. The predicted molar refractivity (Wildman–Crippen MR) is 59.1 cm³/mol. The van der Waals surface area contributed by atoms with Crippen molar-refractivity contribution in [3.8, 4) is 6.07 Å². The summed E-state index contributed by atoms with van der Waals surface area (Å²) in [7, 11) is 0. The molecule has 0 aromatic heterocycles. The molecule has 1 saturated carbocycles. The van der Waals surface area contributed by atoms with E-state index in [-0.39, 0.29) is 12.5 Å². The summed E-state index contributed by atoms with van der Waals surface area (Å²) >= 11 is 5.56. The van der Waals surface area contributed by atoms with Crippen molar-refractivity contribution in [3.05, 3.63) is 11.6 Å². The van der Waals surface area contributed by atoms with Gasteiger partial charge in [-0.05, 0) is 12.8 Å². The second-order valence-electron chi connectivity index (χ2n) is 3.95. The van der Waals surface area contributed by atoms with E-state index in [1.54, 1.807) is 0 Å². The number of hydrogen-bond donors (Lipinski definition) is 1. The molecule has 4 heteroatoms. The van der Waals surface area contributed by atoms with Crippen LogP contribution in [-0.4, -0.2) is 12.5 Å². The van der Waals surface area contributed by atoms with Gasteiger partial charge in [0.05, 0.1) is 12.6 Å². The average Bonchev–Trinajstić information content (AvgIpc) is 2.26. The number of carbonyl (C=O) groups excluding carboxylic acids is 1. The Morgan fingerprint density at radius 1 is 1.47 bits per heavy atom. The smallest absolute Gasteiger partial charge is 0.240 e. The van der Waals surface area contributed by atoms with Gasteiger partial charge < -0.3 is 5.32 Å². The minimum Gasteiger partial charge on any atom is -0.350 e. The van der Waals surface area contributed by atoms with Crippen LogP contribution in [0.5, 0.6) is 0 Å². The Morgan fingerprint density at radius 3 is 2.53 bits per heavy atom. The van der Waals surface area contributed by atoms with Gasteiger partial charge in [0.1, 0.15) is 5.41 Å². The third-order valence-electron chi connectivity index (χ3n) is 2.80. The molecule has 15 heavy (non-hydrogen) atoms. The molecule has 0 radical (unpaired) electrons.